The normalized spacial score (nSPS) is 29.1. The van der Waals surface area contributed by atoms with Gasteiger partial charge in [0.2, 0.25) is 0 Å². The van der Waals surface area contributed by atoms with Crippen molar-refractivity contribution in [2.45, 2.75) is 24.5 Å². The van der Waals surface area contributed by atoms with E-state index in [1.807, 2.05) is 0 Å². The number of nitrogen functional groups attached to an aromatic ring is 1. The SMILES string of the molecule is COC1C(O[S-](=O)=P)C(CO)OC1n1ccc(N)nc1=O. The Hall–Kier alpha value is -1.03. The van der Waals surface area contributed by atoms with Crippen LogP contribution < -0.4 is 11.4 Å². The standard InChI is InChI=1S/C10H15N3O6PS/c1-17-8-7(19-21(16)20)5(4-14)18-9(8)13-3-2-6(11)12-10(13)15/h2-3,5,7-9,14,20H,4H2,1H3,(H2,11,12,15)/q-1. The Morgan fingerprint density at radius 2 is 2.33 bits per heavy atom. The third-order valence-corrected chi connectivity index (χ3v) is 3.75. The van der Waals surface area contributed by atoms with Crippen molar-refractivity contribution < 1.29 is 23.0 Å². The van der Waals surface area contributed by atoms with E-state index in [1.54, 1.807) is 0 Å². The van der Waals surface area contributed by atoms with Crippen LogP contribution in [0.1, 0.15) is 6.23 Å². The van der Waals surface area contributed by atoms with Crippen LogP contribution >= 0.6 is 8.02 Å². The number of anilines is 1. The average Bonchev–Trinajstić information content (AvgIpc) is 2.75. The third-order valence-electron chi connectivity index (χ3n) is 3.06. The molecular weight excluding hydrogens is 321 g/mol. The minimum absolute atomic E-state index is 0.0796. The van der Waals surface area contributed by atoms with Gasteiger partial charge >= 0.3 is 5.69 Å². The molecule has 11 heteroatoms. The predicted molar refractivity (Wildman–Crippen MR) is 75.9 cm³/mol. The van der Waals surface area contributed by atoms with Crippen molar-refractivity contribution in [1.29, 1.82) is 0 Å². The molecule has 1 aliphatic heterocycles. The van der Waals surface area contributed by atoms with Gasteiger partial charge in [-0.2, -0.15) is 4.98 Å². The molecule has 1 fully saturated rings. The summed E-state index contributed by atoms with van der Waals surface area (Å²) in [7, 11) is 2.43. The minimum Gasteiger partial charge on any atom is -0.441 e. The van der Waals surface area contributed by atoms with Crippen molar-refractivity contribution in [1.82, 2.24) is 9.55 Å². The van der Waals surface area contributed by atoms with Gasteiger partial charge < -0.3 is 28.7 Å². The Bertz CT molecular complexity index is 627. The largest absolute Gasteiger partial charge is 0.441 e. The molecule has 0 radical (unpaired) electrons. The lowest BCUT2D eigenvalue weighted by Gasteiger charge is -2.25. The molecule has 1 aliphatic rings. The number of hydrogen-bond acceptors (Lipinski definition) is 9. The highest BCUT2D eigenvalue weighted by molar-refractivity contribution is 8.03. The highest BCUT2D eigenvalue weighted by atomic mass is 32.5. The number of ether oxygens (including phenoxy) is 2. The molecule has 4 atom stereocenters. The van der Waals surface area contributed by atoms with E-state index in [9.17, 15) is 14.1 Å². The number of aromatic nitrogens is 2. The smallest absolute Gasteiger partial charge is 0.351 e. The van der Waals surface area contributed by atoms with Crippen LogP contribution in [-0.2, 0) is 28.1 Å². The maximum Gasteiger partial charge on any atom is 0.351 e. The first-order valence-electron chi connectivity index (χ1n) is 5.92. The molecule has 0 aliphatic carbocycles. The number of methoxy groups -OCH3 is 1. The van der Waals surface area contributed by atoms with Gasteiger partial charge in [0.1, 0.15) is 18.0 Å². The Balaban J connectivity index is 2.37. The topological polar surface area (TPSA) is 126 Å². The minimum atomic E-state index is -1.77. The fourth-order valence-corrected chi connectivity index (χ4v) is 2.93. The number of rotatable bonds is 5. The number of nitrogens with zero attached hydrogens (tertiary/aromatic N) is 2. The molecule has 1 aromatic rings. The molecule has 1 aromatic heterocycles. The van der Waals surface area contributed by atoms with Crippen molar-refractivity contribution in [2.24, 2.45) is 0 Å². The first-order chi connectivity index (χ1) is 9.97. The van der Waals surface area contributed by atoms with Gasteiger partial charge in [-0.25, -0.2) is 12.8 Å². The molecule has 0 spiro atoms. The first-order valence-corrected chi connectivity index (χ1v) is 8.21. The monoisotopic (exact) mass is 336 g/mol. The van der Waals surface area contributed by atoms with Gasteiger partial charge in [0.05, 0.1) is 12.7 Å². The second-order valence-electron chi connectivity index (χ2n) is 4.29. The van der Waals surface area contributed by atoms with Crippen LogP contribution in [0.4, 0.5) is 5.82 Å². The van der Waals surface area contributed by atoms with E-state index in [2.05, 4.69) is 13.0 Å². The molecule has 3 N–H and O–H groups in total. The molecular formula is C10H15N3O6PS-. The van der Waals surface area contributed by atoms with Gasteiger partial charge in [-0.05, 0) is 6.07 Å². The van der Waals surface area contributed by atoms with Crippen LogP contribution in [-0.4, -0.2) is 46.7 Å². The van der Waals surface area contributed by atoms with Gasteiger partial charge in [-0.1, -0.05) is 0 Å². The molecule has 9 nitrogen and oxygen atoms in total. The summed E-state index contributed by atoms with van der Waals surface area (Å²) in [5, 5.41) is 9.34. The van der Waals surface area contributed by atoms with Gasteiger partial charge in [-0.15, -0.1) is 10.3 Å². The summed E-state index contributed by atoms with van der Waals surface area (Å²) < 4.78 is 28.3. The molecule has 0 bridgehead atoms. The molecule has 0 aromatic carbocycles. The molecule has 2 rings (SSSR count). The lowest BCUT2D eigenvalue weighted by atomic mass is 10.1. The third kappa shape index (κ3) is 3.42. The lowest BCUT2D eigenvalue weighted by molar-refractivity contribution is -0.0624. The molecule has 1 saturated heterocycles. The molecule has 0 amide bonds. The van der Waals surface area contributed by atoms with Crippen molar-refractivity contribution in [3.63, 3.8) is 0 Å². The Morgan fingerprint density at radius 3 is 2.86 bits per heavy atom. The zero-order valence-corrected chi connectivity index (χ0v) is 12.9. The summed E-state index contributed by atoms with van der Waals surface area (Å²) in [6.45, 7) is -0.387. The number of nitrogens with two attached hydrogens (primary N) is 1. The maximum absolute atomic E-state index is 11.9. The van der Waals surface area contributed by atoms with Crippen molar-refractivity contribution in [2.75, 3.05) is 19.5 Å². The van der Waals surface area contributed by atoms with Crippen LogP contribution in [0.3, 0.4) is 0 Å². The molecule has 4 unspecified atom stereocenters. The van der Waals surface area contributed by atoms with Gasteiger partial charge in [-0.3, -0.25) is 4.57 Å². The Kier molecular flexibility index (Phi) is 5.31. The van der Waals surface area contributed by atoms with E-state index >= 15 is 0 Å². The van der Waals surface area contributed by atoms with E-state index in [1.165, 1.54) is 23.9 Å². The number of aliphatic hydroxyl groups is 1. The van der Waals surface area contributed by atoms with Crippen molar-refractivity contribution >= 4 is 24.1 Å². The number of aliphatic hydroxyl groups excluding tert-OH is 1. The van der Waals surface area contributed by atoms with E-state index in [-0.39, 0.29) is 12.4 Å². The van der Waals surface area contributed by atoms with E-state index in [4.69, 9.17) is 19.4 Å². The molecule has 0 saturated carbocycles. The fraction of sp³-hybridized carbons (Fsp3) is 0.600. The maximum atomic E-state index is 11.9. The zero-order valence-electron chi connectivity index (χ0n) is 11.0. The average molecular weight is 336 g/mol. The quantitative estimate of drug-likeness (QED) is 0.521. The van der Waals surface area contributed by atoms with E-state index < -0.39 is 40.5 Å². The van der Waals surface area contributed by atoms with Crippen molar-refractivity contribution in [3.8, 4) is 0 Å². The Morgan fingerprint density at radius 1 is 1.62 bits per heavy atom. The predicted octanol–water partition coefficient (Wildman–Crippen LogP) is -0.948. The van der Waals surface area contributed by atoms with E-state index in [0.717, 1.165) is 0 Å². The van der Waals surface area contributed by atoms with Crippen LogP contribution in [0, 0.1) is 0 Å². The van der Waals surface area contributed by atoms with Gasteiger partial charge in [0.15, 0.2) is 6.23 Å². The summed E-state index contributed by atoms with van der Waals surface area (Å²) in [4.78, 5) is 15.5. The van der Waals surface area contributed by atoms with Gasteiger partial charge in [0, 0.05) is 13.3 Å². The van der Waals surface area contributed by atoms with Crippen LogP contribution in [0.5, 0.6) is 0 Å². The zero-order chi connectivity index (χ0) is 15.6. The molecule has 2 heterocycles. The van der Waals surface area contributed by atoms with Crippen LogP contribution in [0.15, 0.2) is 17.1 Å². The van der Waals surface area contributed by atoms with E-state index in [0.29, 0.717) is 0 Å². The first kappa shape index (κ1) is 16.3. The van der Waals surface area contributed by atoms with Crippen LogP contribution in [0.25, 0.3) is 0 Å². The van der Waals surface area contributed by atoms with Crippen molar-refractivity contribution in [3.05, 3.63) is 22.7 Å². The van der Waals surface area contributed by atoms with Gasteiger partial charge in [0.25, 0.3) is 0 Å². The number of hydrogen-bond donors (Lipinski definition) is 2. The lowest BCUT2D eigenvalue weighted by Crippen LogP contribution is -2.38. The molecule has 118 valence electrons. The summed E-state index contributed by atoms with van der Waals surface area (Å²) in [5.41, 5.74) is 4.81. The Labute approximate surface area is 124 Å². The summed E-state index contributed by atoms with van der Waals surface area (Å²) in [5.74, 6) is 0.0796. The van der Waals surface area contributed by atoms with Crippen LogP contribution in [0.2, 0.25) is 0 Å². The summed E-state index contributed by atoms with van der Waals surface area (Å²) >= 11 is 0. The highest BCUT2D eigenvalue weighted by Gasteiger charge is 2.45. The summed E-state index contributed by atoms with van der Waals surface area (Å²) in [6.07, 6.45) is -1.86. The second-order valence-corrected chi connectivity index (χ2v) is 5.95. The fourth-order valence-electron chi connectivity index (χ4n) is 2.17. The molecule has 21 heavy (non-hydrogen) atoms. The second kappa shape index (κ2) is 6.82. The highest BCUT2D eigenvalue weighted by Crippen LogP contribution is 2.32. The summed E-state index contributed by atoms with van der Waals surface area (Å²) in [6, 6.07) is 1.43.